The molecule has 10 heteroatoms. The molecule has 1 N–H and O–H groups in total. The van der Waals surface area contributed by atoms with Crippen molar-refractivity contribution in [3.63, 3.8) is 0 Å². The van der Waals surface area contributed by atoms with E-state index in [2.05, 4.69) is 15.5 Å². The predicted octanol–water partition coefficient (Wildman–Crippen LogP) is 4.38. The fraction of sp³-hybridized carbons (Fsp3) is 0.286. The number of ether oxygens (including phenoxy) is 3. The van der Waals surface area contributed by atoms with Crippen molar-refractivity contribution in [2.45, 2.75) is 18.6 Å². The van der Waals surface area contributed by atoms with Crippen LogP contribution in [0.25, 0.3) is 11.4 Å². The summed E-state index contributed by atoms with van der Waals surface area (Å²) in [5.74, 6) is 2.48. The highest BCUT2D eigenvalue weighted by molar-refractivity contribution is 7.99. The Kier molecular flexibility index (Phi) is 7.64. The Morgan fingerprint density at radius 2 is 1.74 bits per heavy atom. The van der Waals surface area contributed by atoms with E-state index in [0.717, 1.165) is 5.56 Å². The smallest absolute Gasteiger partial charge is 0.234 e. The lowest BCUT2D eigenvalue weighted by Crippen LogP contribution is -2.14. The zero-order valence-corrected chi connectivity index (χ0v) is 19.2. The van der Waals surface area contributed by atoms with Gasteiger partial charge in [0.1, 0.15) is 5.75 Å². The fourth-order valence-electron chi connectivity index (χ4n) is 2.94. The Hall–Kier alpha value is -2.91. The second-order valence-corrected chi connectivity index (χ2v) is 7.66. The van der Waals surface area contributed by atoms with Gasteiger partial charge in [0.25, 0.3) is 0 Å². The monoisotopic (exact) mass is 462 g/mol. The fourth-order valence-corrected chi connectivity index (χ4v) is 4.00. The van der Waals surface area contributed by atoms with Crippen LogP contribution in [0.1, 0.15) is 6.92 Å². The molecule has 0 unspecified atom stereocenters. The van der Waals surface area contributed by atoms with E-state index >= 15 is 0 Å². The van der Waals surface area contributed by atoms with E-state index in [1.54, 1.807) is 32.4 Å². The Labute approximate surface area is 189 Å². The summed E-state index contributed by atoms with van der Waals surface area (Å²) in [6, 6.07) is 10.6. The van der Waals surface area contributed by atoms with Gasteiger partial charge < -0.3 is 24.1 Å². The molecule has 0 aliphatic heterocycles. The van der Waals surface area contributed by atoms with Gasteiger partial charge in [-0.2, -0.15) is 0 Å². The third-order valence-corrected chi connectivity index (χ3v) is 5.70. The number of nitrogens with one attached hydrogen (secondary N) is 1. The minimum absolute atomic E-state index is 0.174. The Morgan fingerprint density at radius 1 is 1.03 bits per heavy atom. The Balaban J connectivity index is 1.71. The summed E-state index contributed by atoms with van der Waals surface area (Å²) in [4.78, 5) is 12.4. The molecule has 164 valence electrons. The highest BCUT2D eigenvalue weighted by Crippen LogP contribution is 2.33. The molecule has 0 aliphatic carbocycles. The van der Waals surface area contributed by atoms with Crippen LogP contribution in [0.2, 0.25) is 5.02 Å². The van der Waals surface area contributed by atoms with Crippen molar-refractivity contribution in [2.75, 3.05) is 32.4 Å². The predicted molar refractivity (Wildman–Crippen MR) is 122 cm³/mol. The quantitative estimate of drug-likeness (QED) is 0.472. The average molecular weight is 463 g/mol. The maximum atomic E-state index is 12.4. The third-order valence-electron chi connectivity index (χ3n) is 4.44. The third kappa shape index (κ3) is 5.23. The molecule has 0 spiro atoms. The number of benzene rings is 2. The second kappa shape index (κ2) is 10.4. The molecule has 1 heterocycles. The molecule has 1 amide bonds. The van der Waals surface area contributed by atoms with Gasteiger partial charge >= 0.3 is 0 Å². The van der Waals surface area contributed by atoms with E-state index in [4.69, 9.17) is 25.8 Å². The molecule has 1 aromatic heterocycles. The van der Waals surface area contributed by atoms with Crippen molar-refractivity contribution in [3.05, 3.63) is 41.4 Å². The van der Waals surface area contributed by atoms with E-state index in [1.165, 1.54) is 18.9 Å². The van der Waals surface area contributed by atoms with Gasteiger partial charge in [0.15, 0.2) is 22.5 Å². The minimum Gasteiger partial charge on any atom is -0.495 e. The molecule has 0 saturated heterocycles. The first-order chi connectivity index (χ1) is 15.0. The topological polar surface area (TPSA) is 87.5 Å². The molecular formula is C21H23ClN4O4S. The molecule has 0 fully saturated rings. The molecule has 8 nitrogen and oxygen atoms in total. The van der Waals surface area contributed by atoms with Gasteiger partial charge in [-0.05, 0) is 43.3 Å². The number of hydrogen-bond donors (Lipinski definition) is 1. The molecule has 0 radical (unpaired) electrons. The summed E-state index contributed by atoms with van der Waals surface area (Å²) in [5.41, 5.74) is 1.44. The number of halogens is 1. The van der Waals surface area contributed by atoms with Crippen LogP contribution >= 0.6 is 23.4 Å². The summed E-state index contributed by atoms with van der Waals surface area (Å²) >= 11 is 7.41. The lowest BCUT2D eigenvalue weighted by Gasteiger charge is -2.11. The van der Waals surface area contributed by atoms with Gasteiger partial charge in [0, 0.05) is 17.8 Å². The zero-order valence-electron chi connectivity index (χ0n) is 17.6. The minimum atomic E-state index is -0.176. The maximum Gasteiger partial charge on any atom is 0.234 e. The van der Waals surface area contributed by atoms with E-state index in [0.29, 0.717) is 45.5 Å². The van der Waals surface area contributed by atoms with Crippen molar-refractivity contribution in [1.82, 2.24) is 14.8 Å². The summed E-state index contributed by atoms with van der Waals surface area (Å²) in [6.45, 7) is 2.64. The van der Waals surface area contributed by atoms with E-state index in [-0.39, 0.29) is 11.7 Å². The van der Waals surface area contributed by atoms with Crippen molar-refractivity contribution in [2.24, 2.45) is 0 Å². The zero-order chi connectivity index (χ0) is 22.4. The summed E-state index contributed by atoms with van der Waals surface area (Å²) < 4.78 is 17.7. The first-order valence-electron chi connectivity index (χ1n) is 9.42. The van der Waals surface area contributed by atoms with Gasteiger partial charge in [-0.3, -0.25) is 4.79 Å². The van der Waals surface area contributed by atoms with Crippen LogP contribution in [0, 0.1) is 0 Å². The molecule has 3 aromatic rings. The summed E-state index contributed by atoms with van der Waals surface area (Å²) in [7, 11) is 4.71. The van der Waals surface area contributed by atoms with Crippen molar-refractivity contribution in [3.8, 4) is 28.6 Å². The number of carbonyl (C=O) groups excluding carboxylic acids is 1. The molecule has 0 atom stereocenters. The van der Waals surface area contributed by atoms with Crippen LogP contribution in [-0.4, -0.2) is 47.8 Å². The number of anilines is 1. The van der Waals surface area contributed by atoms with Crippen LogP contribution < -0.4 is 19.5 Å². The lowest BCUT2D eigenvalue weighted by molar-refractivity contribution is -0.113. The Bertz CT molecular complexity index is 1070. The van der Waals surface area contributed by atoms with Crippen LogP contribution in [-0.2, 0) is 11.3 Å². The molecular weight excluding hydrogens is 440 g/mol. The highest BCUT2D eigenvalue weighted by Gasteiger charge is 2.16. The van der Waals surface area contributed by atoms with Crippen molar-refractivity contribution < 1.29 is 19.0 Å². The van der Waals surface area contributed by atoms with Crippen molar-refractivity contribution >= 4 is 35.0 Å². The summed E-state index contributed by atoms with van der Waals surface area (Å²) in [5, 5.41) is 12.5. The SMILES string of the molecule is CCn1c(SCC(=O)Nc2ccc(OC)c(Cl)c2)nnc1-c1ccc(OC)c(OC)c1. The molecule has 2 aromatic carbocycles. The number of hydrogen-bond acceptors (Lipinski definition) is 7. The summed E-state index contributed by atoms with van der Waals surface area (Å²) in [6.07, 6.45) is 0. The average Bonchev–Trinajstić information content (AvgIpc) is 3.20. The number of thioether (sulfide) groups is 1. The highest BCUT2D eigenvalue weighted by atomic mass is 35.5. The number of amides is 1. The van der Waals surface area contributed by atoms with E-state index < -0.39 is 0 Å². The molecule has 3 rings (SSSR count). The van der Waals surface area contributed by atoms with Gasteiger partial charge in [0.05, 0.1) is 32.1 Å². The molecule has 0 aliphatic rings. The Morgan fingerprint density at radius 3 is 2.39 bits per heavy atom. The number of carbonyl (C=O) groups is 1. The number of methoxy groups -OCH3 is 3. The van der Waals surface area contributed by atoms with Gasteiger partial charge in [0.2, 0.25) is 5.91 Å². The first kappa shape index (κ1) is 22.8. The lowest BCUT2D eigenvalue weighted by atomic mass is 10.2. The van der Waals surface area contributed by atoms with Crippen molar-refractivity contribution in [1.29, 1.82) is 0 Å². The largest absolute Gasteiger partial charge is 0.495 e. The van der Waals surface area contributed by atoms with Gasteiger partial charge in [-0.1, -0.05) is 23.4 Å². The van der Waals surface area contributed by atoms with E-state index in [9.17, 15) is 4.79 Å². The molecule has 31 heavy (non-hydrogen) atoms. The second-order valence-electron chi connectivity index (χ2n) is 6.31. The number of rotatable bonds is 9. The number of nitrogens with zero attached hydrogens (tertiary/aromatic N) is 3. The molecule has 0 bridgehead atoms. The maximum absolute atomic E-state index is 12.4. The van der Waals surface area contributed by atoms with Crippen LogP contribution in [0.4, 0.5) is 5.69 Å². The van der Waals surface area contributed by atoms with E-state index in [1.807, 2.05) is 29.7 Å². The molecule has 0 saturated carbocycles. The van der Waals surface area contributed by atoms with Crippen LogP contribution in [0.5, 0.6) is 17.2 Å². The number of aromatic nitrogens is 3. The van der Waals surface area contributed by atoms with Gasteiger partial charge in [-0.15, -0.1) is 10.2 Å². The van der Waals surface area contributed by atoms with Gasteiger partial charge in [-0.25, -0.2) is 0 Å². The van der Waals surface area contributed by atoms with Crippen LogP contribution in [0.3, 0.4) is 0 Å². The normalized spacial score (nSPS) is 10.6. The van der Waals surface area contributed by atoms with Crippen LogP contribution in [0.15, 0.2) is 41.6 Å². The first-order valence-corrected chi connectivity index (χ1v) is 10.8. The standard InChI is InChI=1S/C21H23ClN4O4S/c1-5-26-20(13-6-8-17(29-3)18(10-13)30-4)24-25-21(26)31-12-19(27)23-14-7-9-16(28-2)15(22)11-14/h6-11H,5,12H2,1-4H3,(H,23,27).